The van der Waals surface area contributed by atoms with Crippen LogP contribution in [0.5, 0.6) is 5.75 Å². The summed E-state index contributed by atoms with van der Waals surface area (Å²) in [5, 5.41) is 0. The molecule has 2 rings (SSSR count). The van der Waals surface area contributed by atoms with Gasteiger partial charge in [-0.2, -0.15) is 0 Å². The number of ether oxygens (including phenoxy) is 5. The standard InChI is InChI=1S/C19H22O8/c1-5-14-6-8-15(9-7-14)27-19-18(26-13(4)22)17(25-12(3)21)16(10-23-19)24-11(2)20/h5-9,16-19H,1,10H2,2-4H3. The van der Waals surface area contributed by atoms with Gasteiger partial charge < -0.3 is 23.7 Å². The maximum absolute atomic E-state index is 11.6. The highest BCUT2D eigenvalue weighted by atomic mass is 16.7. The summed E-state index contributed by atoms with van der Waals surface area (Å²) in [5.74, 6) is -1.37. The van der Waals surface area contributed by atoms with Gasteiger partial charge in [-0.25, -0.2) is 0 Å². The molecule has 0 saturated carbocycles. The molecule has 1 saturated heterocycles. The molecule has 0 aromatic heterocycles. The molecule has 1 aliphatic heterocycles. The highest BCUT2D eigenvalue weighted by Gasteiger charge is 2.48. The van der Waals surface area contributed by atoms with E-state index >= 15 is 0 Å². The van der Waals surface area contributed by atoms with Gasteiger partial charge >= 0.3 is 17.9 Å². The summed E-state index contributed by atoms with van der Waals surface area (Å²) in [4.78, 5) is 34.4. The van der Waals surface area contributed by atoms with Gasteiger partial charge in [-0.15, -0.1) is 0 Å². The SMILES string of the molecule is C=Cc1ccc(OC2OCC(OC(C)=O)C(OC(C)=O)C2OC(C)=O)cc1. The van der Waals surface area contributed by atoms with Crippen molar-refractivity contribution in [3.8, 4) is 5.75 Å². The Labute approximate surface area is 157 Å². The van der Waals surface area contributed by atoms with E-state index < -0.39 is 42.5 Å². The normalized spacial score (nSPS) is 24.4. The highest BCUT2D eigenvalue weighted by Crippen LogP contribution is 2.27. The summed E-state index contributed by atoms with van der Waals surface area (Å²) >= 11 is 0. The van der Waals surface area contributed by atoms with Crippen LogP contribution in [0.15, 0.2) is 30.8 Å². The fraction of sp³-hybridized carbons (Fsp3) is 0.421. The van der Waals surface area contributed by atoms with E-state index in [0.717, 1.165) is 5.56 Å². The Hall–Kier alpha value is -2.87. The van der Waals surface area contributed by atoms with Crippen LogP contribution in [-0.4, -0.2) is 49.1 Å². The fourth-order valence-corrected chi connectivity index (χ4v) is 2.63. The lowest BCUT2D eigenvalue weighted by atomic mass is 10.0. The molecule has 4 atom stereocenters. The average Bonchev–Trinajstić information content (AvgIpc) is 2.59. The summed E-state index contributed by atoms with van der Waals surface area (Å²) in [6, 6.07) is 6.98. The molecule has 4 unspecified atom stereocenters. The minimum absolute atomic E-state index is 0.0926. The van der Waals surface area contributed by atoms with Crippen molar-refractivity contribution in [3.05, 3.63) is 36.4 Å². The van der Waals surface area contributed by atoms with Gasteiger partial charge in [-0.1, -0.05) is 24.8 Å². The van der Waals surface area contributed by atoms with E-state index in [0.29, 0.717) is 5.75 Å². The number of benzene rings is 1. The second kappa shape index (κ2) is 9.18. The molecule has 0 aliphatic carbocycles. The van der Waals surface area contributed by atoms with Crippen LogP contribution in [0.25, 0.3) is 6.08 Å². The summed E-state index contributed by atoms with van der Waals surface area (Å²) < 4.78 is 27.0. The summed E-state index contributed by atoms with van der Waals surface area (Å²) in [7, 11) is 0. The lowest BCUT2D eigenvalue weighted by Gasteiger charge is -2.40. The third-order valence-corrected chi connectivity index (χ3v) is 3.67. The Morgan fingerprint density at radius 1 is 0.963 bits per heavy atom. The zero-order valence-electron chi connectivity index (χ0n) is 15.4. The van der Waals surface area contributed by atoms with Crippen LogP contribution in [-0.2, 0) is 33.3 Å². The van der Waals surface area contributed by atoms with Gasteiger partial charge in [-0.05, 0) is 17.7 Å². The van der Waals surface area contributed by atoms with Crippen LogP contribution in [0.4, 0.5) is 0 Å². The van der Waals surface area contributed by atoms with Crippen molar-refractivity contribution in [2.45, 2.75) is 45.4 Å². The zero-order valence-corrected chi connectivity index (χ0v) is 15.4. The number of rotatable bonds is 6. The Balaban J connectivity index is 2.25. The van der Waals surface area contributed by atoms with Crippen molar-refractivity contribution in [1.82, 2.24) is 0 Å². The van der Waals surface area contributed by atoms with Crippen molar-refractivity contribution in [2.75, 3.05) is 6.61 Å². The number of hydrogen-bond acceptors (Lipinski definition) is 8. The lowest BCUT2D eigenvalue weighted by Crippen LogP contribution is -2.59. The van der Waals surface area contributed by atoms with E-state index in [1.165, 1.54) is 20.8 Å². The smallest absolute Gasteiger partial charge is 0.303 e. The molecule has 0 radical (unpaired) electrons. The summed E-state index contributed by atoms with van der Waals surface area (Å²) in [6.45, 7) is 7.21. The summed E-state index contributed by atoms with van der Waals surface area (Å²) in [6.07, 6.45) is -2.49. The van der Waals surface area contributed by atoms with Crippen molar-refractivity contribution in [3.63, 3.8) is 0 Å². The minimum Gasteiger partial charge on any atom is -0.461 e. The molecule has 0 spiro atoms. The molecule has 0 amide bonds. The van der Waals surface area contributed by atoms with Gasteiger partial charge in [0.2, 0.25) is 12.4 Å². The molecule has 8 heteroatoms. The van der Waals surface area contributed by atoms with Crippen LogP contribution in [0.3, 0.4) is 0 Å². The van der Waals surface area contributed by atoms with E-state index in [2.05, 4.69) is 6.58 Å². The molecule has 1 aliphatic rings. The van der Waals surface area contributed by atoms with Crippen molar-refractivity contribution >= 4 is 24.0 Å². The van der Waals surface area contributed by atoms with Crippen LogP contribution in [0.2, 0.25) is 0 Å². The molecular formula is C19H22O8. The van der Waals surface area contributed by atoms with Gasteiger partial charge in [-0.3, -0.25) is 14.4 Å². The van der Waals surface area contributed by atoms with Gasteiger partial charge in [0.1, 0.15) is 5.75 Å². The molecule has 1 fully saturated rings. The third-order valence-electron chi connectivity index (χ3n) is 3.67. The maximum Gasteiger partial charge on any atom is 0.303 e. The van der Waals surface area contributed by atoms with E-state index in [1.54, 1.807) is 30.3 Å². The average molecular weight is 378 g/mol. The molecule has 0 bridgehead atoms. The lowest BCUT2D eigenvalue weighted by molar-refractivity contribution is -0.259. The van der Waals surface area contributed by atoms with Crippen molar-refractivity contribution in [1.29, 1.82) is 0 Å². The first kappa shape index (κ1) is 20.4. The Kier molecular flexibility index (Phi) is 6.95. The van der Waals surface area contributed by atoms with Crippen LogP contribution >= 0.6 is 0 Å². The number of hydrogen-bond donors (Lipinski definition) is 0. The molecule has 1 aromatic rings. The Morgan fingerprint density at radius 2 is 1.52 bits per heavy atom. The predicted octanol–water partition coefficient (Wildman–Crippen LogP) is 1.86. The topological polar surface area (TPSA) is 97.4 Å². The second-order valence-corrected chi connectivity index (χ2v) is 5.89. The first-order chi connectivity index (χ1) is 12.8. The quantitative estimate of drug-likeness (QED) is 0.547. The van der Waals surface area contributed by atoms with Gasteiger partial charge in [0.25, 0.3) is 0 Å². The fourth-order valence-electron chi connectivity index (χ4n) is 2.63. The Bertz CT molecular complexity index is 696. The number of esters is 3. The summed E-state index contributed by atoms with van der Waals surface area (Å²) in [5.41, 5.74) is 0.899. The number of carbonyl (C=O) groups is 3. The number of carbonyl (C=O) groups excluding carboxylic acids is 3. The first-order valence-corrected chi connectivity index (χ1v) is 8.32. The minimum atomic E-state index is -1.12. The van der Waals surface area contributed by atoms with E-state index in [9.17, 15) is 14.4 Å². The van der Waals surface area contributed by atoms with Crippen LogP contribution in [0, 0.1) is 0 Å². The molecule has 1 heterocycles. The van der Waals surface area contributed by atoms with Gasteiger partial charge in [0.15, 0.2) is 12.2 Å². The molecule has 0 N–H and O–H groups in total. The molecular weight excluding hydrogens is 356 g/mol. The third kappa shape index (κ3) is 5.82. The molecule has 8 nitrogen and oxygen atoms in total. The van der Waals surface area contributed by atoms with Gasteiger partial charge in [0, 0.05) is 20.8 Å². The Morgan fingerprint density at radius 3 is 2.04 bits per heavy atom. The van der Waals surface area contributed by atoms with Crippen molar-refractivity contribution in [2.24, 2.45) is 0 Å². The molecule has 1 aromatic carbocycles. The van der Waals surface area contributed by atoms with Crippen LogP contribution < -0.4 is 4.74 Å². The van der Waals surface area contributed by atoms with E-state index in [4.69, 9.17) is 23.7 Å². The van der Waals surface area contributed by atoms with Gasteiger partial charge in [0.05, 0.1) is 6.61 Å². The highest BCUT2D eigenvalue weighted by molar-refractivity contribution is 5.68. The predicted molar refractivity (Wildman–Crippen MR) is 93.6 cm³/mol. The first-order valence-electron chi connectivity index (χ1n) is 8.32. The molecule has 146 valence electrons. The van der Waals surface area contributed by atoms with Crippen molar-refractivity contribution < 1.29 is 38.1 Å². The van der Waals surface area contributed by atoms with E-state index in [1.807, 2.05) is 0 Å². The van der Waals surface area contributed by atoms with Crippen LogP contribution in [0.1, 0.15) is 26.3 Å². The zero-order chi connectivity index (χ0) is 20.0. The maximum atomic E-state index is 11.6. The monoisotopic (exact) mass is 378 g/mol. The molecule has 27 heavy (non-hydrogen) atoms. The largest absolute Gasteiger partial charge is 0.461 e. The second-order valence-electron chi connectivity index (χ2n) is 5.89. The van der Waals surface area contributed by atoms with E-state index in [-0.39, 0.29) is 6.61 Å².